The largest absolute Gasteiger partial charge is 0.239 e. The fourth-order valence-electron chi connectivity index (χ4n) is 0.728. The van der Waals surface area contributed by atoms with E-state index in [4.69, 9.17) is 16.7 Å². The van der Waals surface area contributed by atoms with Crippen molar-refractivity contribution >= 4 is 53.5 Å². The molecule has 0 atom stereocenters. The molecule has 3 nitrogen and oxygen atoms in total. The first-order valence-electron chi connectivity index (χ1n) is 3.00. The van der Waals surface area contributed by atoms with Crippen molar-refractivity contribution in [3.8, 4) is 0 Å². The Balaban J connectivity index is 3.53. The molecule has 0 amide bonds. The van der Waals surface area contributed by atoms with Gasteiger partial charge in [-0.25, -0.2) is 13.6 Å². The van der Waals surface area contributed by atoms with Gasteiger partial charge in [-0.1, -0.05) is 11.6 Å². The predicted molar refractivity (Wildman–Crippen MR) is 58.2 cm³/mol. The Morgan fingerprint density at radius 2 is 1.85 bits per heavy atom. The molecule has 0 aliphatic rings. The molecule has 7 heteroatoms. The average Bonchev–Trinajstić information content (AvgIpc) is 1.98. The van der Waals surface area contributed by atoms with Crippen molar-refractivity contribution in [3.63, 3.8) is 0 Å². The zero-order valence-electron chi connectivity index (χ0n) is 6.09. The van der Waals surface area contributed by atoms with Gasteiger partial charge in [0.2, 0.25) is 10.0 Å². The lowest BCUT2D eigenvalue weighted by molar-refractivity contribution is 0.597. The third kappa shape index (κ3) is 2.44. The molecule has 2 N–H and O–H groups in total. The summed E-state index contributed by atoms with van der Waals surface area (Å²) < 4.78 is 22.9. The van der Waals surface area contributed by atoms with E-state index in [1.807, 2.05) is 0 Å². The average molecular weight is 349 g/mol. The molecule has 0 saturated carbocycles. The van der Waals surface area contributed by atoms with Crippen LogP contribution in [0.2, 0.25) is 5.02 Å². The summed E-state index contributed by atoms with van der Waals surface area (Å²) >= 11 is 12.0. The fourth-order valence-corrected chi connectivity index (χ4v) is 3.18. The summed E-state index contributed by atoms with van der Waals surface area (Å²) in [6.07, 6.45) is 0. The normalized spacial score (nSPS) is 11.7. The number of halogens is 3. The number of sulfonamides is 1. The van der Waals surface area contributed by atoms with E-state index in [0.717, 1.165) is 0 Å². The molecule has 0 bridgehead atoms. The van der Waals surface area contributed by atoms with Crippen LogP contribution >= 0.6 is 43.5 Å². The Kier molecular flexibility index (Phi) is 3.40. The summed E-state index contributed by atoms with van der Waals surface area (Å²) in [5, 5.41) is 5.23. The zero-order valence-corrected chi connectivity index (χ0v) is 10.8. The summed E-state index contributed by atoms with van der Waals surface area (Å²) in [6.45, 7) is 0. The van der Waals surface area contributed by atoms with Crippen molar-refractivity contribution in [3.05, 3.63) is 26.1 Å². The first-order chi connectivity index (χ1) is 5.84. The maximum atomic E-state index is 11.0. The second kappa shape index (κ2) is 3.86. The number of hydrogen-bond donors (Lipinski definition) is 1. The number of rotatable bonds is 1. The topological polar surface area (TPSA) is 60.2 Å². The van der Waals surface area contributed by atoms with Crippen molar-refractivity contribution in [2.24, 2.45) is 5.14 Å². The van der Waals surface area contributed by atoms with Gasteiger partial charge in [0, 0.05) is 4.47 Å². The third-order valence-electron chi connectivity index (χ3n) is 1.31. The first kappa shape index (κ1) is 11.5. The Bertz CT molecular complexity index is 446. The van der Waals surface area contributed by atoms with Gasteiger partial charge >= 0.3 is 0 Å². The molecular formula is C6H4Br2ClNO2S. The van der Waals surface area contributed by atoms with E-state index >= 15 is 0 Å². The van der Waals surface area contributed by atoms with Crippen LogP contribution in [-0.4, -0.2) is 8.42 Å². The van der Waals surface area contributed by atoms with Crippen molar-refractivity contribution in [1.82, 2.24) is 0 Å². The van der Waals surface area contributed by atoms with E-state index in [1.165, 1.54) is 12.1 Å². The lowest BCUT2D eigenvalue weighted by Crippen LogP contribution is -2.12. The minimum atomic E-state index is -3.72. The van der Waals surface area contributed by atoms with Crippen LogP contribution in [0.1, 0.15) is 0 Å². The quantitative estimate of drug-likeness (QED) is 0.792. The highest BCUT2D eigenvalue weighted by molar-refractivity contribution is 9.11. The molecule has 72 valence electrons. The van der Waals surface area contributed by atoms with Crippen LogP contribution in [0, 0.1) is 0 Å². The summed E-state index contributed by atoms with van der Waals surface area (Å²) in [4.78, 5) is -0.0271. The Morgan fingerprint density at radius 1 is 1.31 bits per heavy atom. The van der Waals surface area contributed by atoms with Gasteiger partial charge in [-0.05, 0) is 44.0 Å². The smallest absolute Gasteiger partial charge is 0.225 e. The molecule has 0 aliphatic heterocycles. The fraction of sp³-hybridized carbons (Fsp3) is 0. The standard InChI is InChI=1S/C6H4Br2ClNO2S/c7-3-1-2-4(13(10,11)12)5(8)6(3)9/h1-2H,(H2,10,11,12). The second-order valence-corrected chi connectivity index (χ2v) is 5.77. The van der Waals surface area contributed by atoms with Gasteiger partial charge in [-0.2, -0.15) is 0 Å². The van der Waals surface area contributed by atoms with E-state index in [1.54, 1.807) is 0 Å². The molecule has 13 heavy (non-hydrogen) atoms. The van der Waals surface area contributed by atoms with Crippen molar-refractivity contribution in [2.45, 2.75) is 4.90 Å². The predicted octanol–water partition coefficient (Wildman–Crippen LogP) is 2.51. The molecule has 1 aromatic carbocycles. The van der Waals surface area contributed by atoms with Crippen molar-refractivity contribution in [2.75, 3.05) is 0 Å². The van der Waals surface area contributed by atoms with Gasteiger partial charge in [0.15, 0.2) is 0 Å². The minimum absolute atomic E-state index is 0.0271. The molecule has 0 spiro atoms. The van der Waals surface area contributed by atoms with Crippen LogP contribution in [0.4, 0.5) is 0 Å². The summed E-state index contributed by atoms with van der Waals surface area (Å²) in [7, 11) is -3.72. The van der Waals surface area contributed by atoms with Crippen LogP contribution in [0.25, 0.3) is 0 Å². The van der Waals surface area contributed by atoms with Gasteiger partial charge in [0.05, 0.1) is 14.4 Å². The van der Waals surface area contributed by atoms with E-state index in [2.05, 4.69) is 31.9 Å². The molecular weight excluding hydrogens is 345 g/mol. The molecule has 1 aromatic rings. The summed E-state index contributed by atoms with van der Waals surface area (Å²) in [6, 6.07) is 2.89. The van der Waals surface area contributed by atoms with Gasteiger partial charge in [0.1, 0.15) is 0 Å². The lowest BCUT2D eigenvalue weighted by Gasteiger charge is -2.04. The molecule has 1 rings (SSSR count). The van der Waals surface area contributed by atoms with E-state index in [-0.39, 0.29) is 14.4 Å². The molecule has 0 aromatic heterocycles. The third-order valence-corrected chi connectivity index (χ3v) is 4.86. The zero-order chi connectivity index (χ0) is 10.2. The summed E-state index contributed by atoms with van der Waals surface area (Å²) in [5.74, 6) is 0. The van der Waals surface area contributed by atoms with E-state index in [0.29, 0.717) is 4.47 Å². The SMILES string of the molecule is NS(=O)(=O)c1ccc(Br)c(Cl)c1Br. The highest BCUT2D eigenvalue weighted by Crippen LogP contribution is 2.34. The monoisotopic (exact) mass is 347 g/mol. The van der Waals surface area contributed by atoms with Crippen molar-refractivity contribution in [1.29, 1.82) is 0 Å². The minimum Gasteiger partial charge on any atom is -0.225 e. The van der Waals surface area contributed by atoms with Crippen LogP contribution in [0.3, 0.4) is 0 Å². The number of primary sulfonamides is 1. The van der Waals surface area contributed by atoms with Gasteiger partial charge in [-0.3, -0.25) is 0 Å². The van der Waals surface area contributed by atoms with Gasteiger partial charge in [-0.15, -0.1) is 0 Å². The van der Waals surface area contributed by atoms with Crippen LogP contribution in [0.5, 0.6) is 0 Å². The van der Waals surface area contributed by atoms with E-state index in [9.17, 15) is 8.42 Å². The number of benzene rings is 1. The maximum Gasteiger partial charge on any atom is 0.239 e. The van der Waals surface area contributed by atoms with Crippen LogP contribution in [0.15, 0.2) is 26.0 Å². The Labute approximate surface area is 97.6 Å². The Hall–Kier alpha value is 0.380. The number of hydrogen-bond acceptors (Lipinski definition) is 2. The Morgan fingerprint density at radius 3 is 2.31 bits per heavy atom. The molecule has 0 fully saturated rings. The molecule has 0 aliphatic carbocycles. The summed E-state index contributed by atoms with van der Waals surface area (Å²) in [5.41, 5.74) is 0. The lowest BCUT2D eigenvalue weighted by atomic mass is 10.4. The molecule has 0 saturated heterocycles. The van der Waals surface area contributed by atoms with Crippen LogP contribution in [-0.2, 0) is 10.0 Å². The van der Waals surface area contributed by atoms with Crippen LogP contribution < -0.4 is 5.14 Å². The number of nitrogens with two attached hydrogens (primary N) is 1. The van der Waals surface area contributed by atoms with E-state index < -0.39 is 10.0 Å². The molecule has 0 unspecified atom stereocenters. The maximum absolute atomic E-state index is 11.0. The van der Waals surface area contributed by atoms with Gasteiger partial charge in [0.25, 0.3) is 0 Å². The second-order valence-electron chi connectivity index (χ2n) is 2.22. The molecule has 0 radical (unpaired) electrons. The van der Waals surface area contributed by atoms with Gasteiger partial charge < -0.3 is 0 Å². The highest BCUT2D eigenvalue weighted by atomic mass is 79.9. The molecule has 0 heterocycles. The highest BCUT2D eigenvalue weighted by Gasteiger charge is 2.16. The first-order valence-corrected chi connectivity index (χ1v) is 6.51. The van der Waals surface area contributed by atoms with Crippen molar-refractivity contribution < 1.29 is 8.42 Å².